The van der Waals surface area contributed by atoms with E-state index in [9.17, 15) is 4.79 Å². The maximum atomic E-state index is 12.1. The van der Waals surface area contributed by atoms with E-state index in [1.54, 1.807) is 17.1 Å². The normalized spacial score (nSPS) is 17.1. The third-order valence-corrected chi connectivity index (χ3v) is 3.54. The molecule has 2 N–H and O–H groups in total. The zero-order valence-electron chi connectivity index (χ0n) is 11.7. The van der Waals surface area contributed by atoms with Gasteiger partial charge in [0.1, 0.15) is 6.54 Å². The lowest BCUT2D eigenvalue weighted by atomic mass is 9.96. The molecule has 2 rings (SSSR count). The van der Waals surface area contributed by atoms with Crippen molar-refractivity contribution < 1.29 is 4.79 Å². The summed E-state index contributed by atoms with van der Waals surface area (Å²) in [5.41, 5.74) is 6.18. The molecule has 0 aromatic carbocycles. The van der Waals surface area contributed by atoms with Gasteiger partial charge in [0.2, 0.25) is 5.91 Å². The van der Waals surface area contributed by atoms with E-state index >= 15 is 0 Å². The van der Waals surface area contributed by atoms with E-state index in [-0.39, 0.29) is 12.5 Å². The third kappa shape index (κ3) is 3.96. The Morgan fingerprint density at radius 1 is 1.47 bits per heavy atom. The number of nitrogens with two attached hydrogens (primary N) is 1. The second kappa shape index (κ2) is 6.06. The number of amides is 1. The smallest absolute Gasteiger partial charge is 0.244 e. The average Bonchev–Trinajstić information content (AvgIpc) is 2.75. The predicted molar refractivity (Wildman–Crippen MR) is 74.5 cm³/mol. The molecule has 1 aromatic rings. The fourth-order valence-electron chi connectivity index (χ4n) is 2.59. The molecule has 1 aliphatic heterocycles. The van der Waals surface area contributed by atoms with Crippen LogP contribution in [0.15, 0.2) is 12.4 Å². The molecular formula is C13H23N5O. The van der Waals surface area contributed by atoms with Crippen molar-refractivity contribution in [3.63, 3.8) is 0 Å². The van der Waals surface area contributed by atoms with Crippen LogP contribution in [0.1, 0.15) is 12.8 Å². The van der Waals surface area contributed by atoms with Gasteiger partial charge in [0.05, 0.1) is 11.9 Å². The minimum atomic E-state index is 0.131. The van der Waals surface area contributed by atoms with Crippen molar-refractivity contribution in [3.05, 3.63) is 12.4 Å². The number of nitrogen functional groups attached to an aromatic ring is 1. The van der Waals surface area contributed by atoms with Gasteiger partial charge in [-0.15, -0.1) is 0 Å². The Morgan fingerprint density at radius 2 is 2.16 bits per heavy atom. The van der Waals surface area contributed by atoms with Gasteiger partial charge in [-0.3, -0.25) is 9.48 Å². The van der Waals surface area contributed by atoms with Gasteiger partial charge in [0, 0.05) is 25.8 Å². The van der Waals surface area contributed by atoms with Gasteiger partial charge in [0.25, 0.3) is 0 Å². The first-order valence-electron chi connectivity index (χ1n) is 6.75. The first-order chi connectivity index (χ1) is 9.04. The van der Waals surface area contributed by atoms with E-state index in [2.05, 4.69) is 24.1 Å². The average molecular weight is 265 g/mol. The SMILES string of the molecule is CN(C)CC1CCN(C(=O)Cn2cc(N)cn2)CC1. The molecule has 1 aliphatic rings. The van der Waals surface area contributed by atoms with Crippen LogP contribution >= 0.6 is 0 Å². The number of likely N-dealkylation sites (tertiary alicyclic amines) is 1. The summed E-state index contributed by atoms with van der Waals surface area (Å²) in [6, 6.07) is 0. The van der Waals surface area contributed by atoms with E-state index in [1.807, 2.05) is 4.90 Å². The fraction of sp³-hybridized carbons (Fsp3) is 0.692. The number of hydrogen-bond acceptors (Lipinski definition) is 4. The molecule has 1 amide bonds. The summed E-state index contributed by atoms with van der Waals surface area (Å²) in [6.45, 7) is 3.11. The lowest BCUT2D eigenvalue weighted by Crippen LogP contribution is -2.42. The van der Waals surface area contributed by atoms with Crippen LogP contribution in [0.4, 0.5) is 5.69 Å². The van der Waals surface area contributed by atoms with Gasteiger partial charge in [-0.25, -0.2) is 0 Å². The zero-order chi connectivity index (χ0) is 13.8. The zero-order valence-corrected chi connectivity index (χ0v) is 11.7. The van der Waals surface area contributed by atoms with Gasteiger partial charge >= 0.3 is 0 Å². The molecule has 1 aromatic heterocycles. The second-order valence-electron chi connectivity index (χ2n) is 5.56. The summed E-state index contributed by atoms with van der Waals surface area (Å²) in [7, 11) is 4.19. The lowest BCUT2D eigenvalue weighted by molar-refractivity contribution is -0.133. The number of rotatable bonds is 4. The molecule has 0 saturated carbocycles. The molecule has 106 valence electrons. The Labute approximate surface area is 114 Å². The first-order valence-corrected chi connectivity index (χ1v) is 6.75. The van der Waals surface area contributed by atoms with Gasteiger partial charge in [0.15, 0.2) is 0 Å². The topological polar surface area (TPSA) is 67.4 Å². The van der Waals surface area contributed by atoms with Crippen molar-refractivity contribution in [1.29, 1.82) is 0 Å². The summed E-state index contributed by atoms with van der Waals surface area (Å²) >= 11 is 0. The first kappa shape index (κ1) is 13.9. The number of anilines is 1. The van der Waals surface area contributed by atoms with Crippen LogP contribution in [-0.4, -0.2) is 59.2 Å². The number of hydrogen-bond donors (Lipinski definition) is 1. The molecule has 0 bridgehead atoms. The van der Waals surface area contributed by atoms with Crippen LogP contribution in [0.5, 0.6) is 0 Å². The highest BCUT2D eigenvalue weighted by atomic mass is 16.2. The highest BCUT2D eigenvalue weighted by molar-refractivity contribution is 5.76. The maximum absolute atomic E-state index is 12.1. The van der Waals surface area contributed by atoms with Gasteiger partial charge < -0.3 is 15.5 Å². The molecule has 1 saturated heterocycles. The summed E-state index contributed by atoms with van der Waals surface area (Å²) < 4.78 is 1.60. The Hall–Kier alpha value is -1.56. The molecule has 19 heavy (non-hydrogen) atoms. The third-order valence-electron chi connectivity index (χ3n) is 3.54. The van der Waals surface area contributed by atoms with Crippen LogP contribution in [0.2, 0.25) is 0 Å². The summed E-state index contributed by atoms with van der Waals surface area (Å²) in [4.78, 5) is 16.3. The molecule has 0 radical (unpaired) electrons. The van der Waals surface area contributed by atoms with Crippen LogP contribution in [0.3, 0.4) is 0 Å². The molecule has 6 heteroatoms. The molecule has 2 heterocycles. The van der Waals surface area contributed by atoms with Crippen molar-refractivity contribution in [3.8, 4) is 0 Å². The van der Waals surface area contributed by atoms with Crippen molar-refractivity contribution in [1.82, 2.24) is 19.6 Å². The van der Waals surface area contributed by atoms with Gasteiger partial charge in [-0.05, 0) is 32.9 Å². The quantitative estimate of drug-likeness (QED) is 0.848. The fourth-order valence-corrected chi connectivity index (χ4v) is 2.59. The van der Waals surface area contributed by atoms with Crippen molar-refractivity contribution in [2.24, 2.45) is 5.92 Å². The molecular weight excluding hydrogens is 242 g/mol. The molecule has 1 fully saturated rings. The van der Waals surface area contributed by atoms with Gasteiger partial charge in [-0.2, -0.15) is 5.10 Å². The van der Waals surface area contributed by atoms with Crippen LogP contribution in [0, 0.1) is 5.92 Å². The Morgan fingerprint density at radius 3 is 2.68 bits per heavy atom. The Kier molecular flexibility index (Phi) is 4.42. The maximum Gasteiger partial charge on any atom is 0.244 e. The Balaban J connectivity index is 1.79. The second-order valence-corrected chi connectivity index (χ2v) is 5.56. The Bertz CT molecular complexity index is 420. The molecule has 0 unspecified atom stereocenters. The lowest BCUT2D eigenvalue weighted by Gasteiger charge is -2.33. The standard InChI is InChI=1S/C13H23N5O/c1-16(2)8-11-3-5-17(6-4-11)13(19)10-18-9-12(14)7-15-18/h7,9,11H,3-6,8,10,14H2,1-2H3. The van der Waals surface area contributed by atoms with Crippen LogP contribution < -0.4 is 5.73 Å². The predicted octanol–water partition coefficient (Wildman–Crippen LogP) is 0.266. The highest BCUT2D eigenvalue weighted by Crippen LogP contribution is 2.18. The van der Waals surface area contributed by atoms with E-state index in [4.69, 9.17) is 5.73 Å². The molecule has 0 aliphatic carbocycles. The van der Waals surface area contributed by atoms with Crippen molar-refractivity contribution in [2.75, 3.05) is 39.5 Å². The molecule has 0 atom stereocenters. The van der Waals surface area contributed by atoms with Crippen molar-refractivity contribution in [2.45, 2.75) is 19.4 Å². The molecule has 0 spiro atoms. The number of carbonyl (C=O) groups excluding carboxylic acids is 1. The molecule has 6 nitrogen and oxygen atoms in total. The van der Waals surface area contributed by atoms with Gasteiger partial charge in [-0.1, -0.05) is 0 Å². The van der Waals surface area contributed by atoms with E-state index in [0.29, 0.717) is 11.6 Å². The van der Waals surface area contributed by atoms with Crippen LogP contribution in [-0.2, 0) is 11.3 Å². The van der Waals surface area contributed by atoms with Crippen molar-refractivity contribution >= 4 is 11.6 Å². The van der Waals surface area contributed by atoms with E-state index in [1.165, 1.54) is 0 Å². The highest BCUT2D eigenvalue weighted by Gasteiger charge is 2.23. The van der Waals surface area contributed by atoms with E-state index < -0.39 is 0 Å². The van der Waals surface area contributed by atoms with E-state index in [0.717, 1.165) is 32.5 Å². The summed E-state index contributed by atoms with van der Waals surface area (Å²) in [5, 5.41) is 4.04. The summed E-state index contributed by atoms with van der Waals surface area (Å²) in [5.74, 6) is 0.839. The number of carbonyl (C=O) groups is 1. The number of nitrogens with zero attached hydrogens (tertiary/aromatic N) is 4. The summed E-state index contributed by atoms with van der Waals surface area (Å²) in [6.07, 6.45) is 5.43. The van der Waals surface area contributed by atoms with Crippen LogP contribution in [0.25, 0.3) is 0 Å². The number of piperidine rings is 1. The minimum absolute atomic E-state index is 0.131. The number of aromatic nitrogens is 2. The largest absolute Gasteiger partial charge is 0.396 e. The monoisotopic (exact) mass is 265 g/mol. The minimum Gasteiger partial charge on any atom is -0.396 e.